The van der Waals surface area contributed by atoms with Crippen molar-refractivity contribution in [1.82, 2.24) is 4.90 Å². The van der Waals surface area contributed by atoms with Gasteiger partial charge in [0.25, 0.3) is 0 Å². The topological polar surface area (TPSA) is 40.5 Å². The quantitative estimate of drug-likeness (QED) is 0.552. The maximum absolute atomic E-state index is 11.0. The molecule has 2 atom stereocenters. The summed E-state index contributed by atoms with van der Waals surface area (Å²) in [5, 5.41) is 9.25. The lowest BCUT2D eigenvalue weighted by molar-refractivity contribution is -0.134. The van der Waals surface area contributed by atoms with Crippen molar-refractivity contribution in [3.8, 4) is 0 Å². The van der Waals surface area contributed by atoms with Crippen LogP contribution in [0.3, 0.4) is 0 Å². The van der Waals surface area contributed by atoms with Gasteiger partial charge in [-0.2, -0.15) is 0 Å². The van der Waals surface area contributed by atoms with E-state index in [-0.39, 0.29) is 12.0 Å². The SMILES string of the molecule is CC(=O)N1C[C@H](O)CC[C@@H]1C. The number of carbonyl (C=O) groups is 1. The Morgan fingerprint density at radius 2 is 2.18 bits per heavy atom. The van der Waals surface area contributed by atoms with Crippen molar-refractivity contribution in [3.05, 3.63) is 0 Å². The highest BCUT2D eigenvalue weighted by atomic mass is 16.3. The molecule has 1 rings (SSSR count). The van der Waals surface area contributed by atoms with Gasteiger partial charge in [0, 0.05) is 19.5 Å². The number of piperidine rings is 1. The third kappa shape index (κ3) is 1.93. The Bertz CT molecular complexity index is 158. The van der Waals surface area contributed by atoms with Crippen LogP contribution in [-0.2, 0) is 4.79 Å². The molecule has 11 heavy (non-hydrogen) atoms. The fourth-order valence-corrected chi connectivity index (χ4v) is 1.53. The normalized spacial score (nSPS) is 32.1. The van der Waals surface area contributed by atoms with Crippen LogP contribution in [0.2, 0.25) is 0 Å². The first-order valence-corrected chi connectivity index (χ1v) is 4.06. The van der Waals surface area contributed by atoms with Crippen LogP contribution in [0.5, 0.6) is 0 Å². The average molecular weight is 157 g/mol. The molecule has 0 unspecified atom stereocenters. The zero-order valence-corrected chi connectivity index (χ0v) is 7.08. The van der Waals surface area contributed by atoms with Crippen molar-refractivity contribution in [2.75, 3.05) is 6.54 Å². The Morgan fingerprint density at radius 1 is 1.55 bits per heavy atom. The van der Waals surface area contributed by atoms with Crippen LogP contribution in [-0.4, -0.2) is 34.6 Å². The van der Waals surface area contributed by atoms with Gasteiger partial charge in [0.1, 0.15) is 0 Å². The predicted molar refractivity (Wildman–Crippen MR) is 42.1 cm³/mol. The monoisotopic (exact) mass is 157 g/mol. The van der Waals surface area contributed by atoms with E-state index in [1.165, 1.54) is 0 Å². The molecule has 1 aliphatic rings. The summed E-state index contributed by atoms with van der Waals surface area (Å²) < 4.78 is 0. The highest BCUT2D eigenvalue weighted by molar-refractivity contribution is 5.73. The van der Waals surface area contributed by atoms with Gasteiger partial charge in [-0.15, -0.1) is 0 Å². The van der Waals surface area contributed by atoms with Gasteiger partial charge < -0.3 is 10.0 Å². The summed E-state index contributed by atoms with van der Waals surface area (Å²) in [6.07, 6.45) is 1.43. The summed E-state index contributed by atoms with van der Waals surface area (Å²) in [7, 11) is 0. The van der Waals surface area contributed by atoms with Crippen LogP contribution in [0.15, 0.2) is 0 Å². The van der Waals surface area contributed by atoms with E-state index in [1.54, 1.807) is 11.8 Å². The molecule has 0 bridgehead atoms. The lowest BCUT2D eigenvalue weighted by Gasteiger charge is -2.35. The molecule has 0 aromatic carbocycles. The molecule has 64 valence electrons. The third-order valence-corrected chi connectivity index (χ3v) is 2.26. The molecule has 0 spiro atoms. The number of β-amino-alcohol motifs (C(OH)–C–C–N with tert-alkyl or cyclic N) is 1. The molecular formula is C8H15NO2. The van der Waals surface area contributed by atoms with Crippen molar-refractivity contribution in [2.45, 2.75) is 38.8 Å². The average Bonchev–Trinajstić information content (AvgIpc) is 1.94. The van der Waals surface area contributed by atoms with Crippen molar-refractivity contribution in [1.29, 1.82) is 0 Å². The second kappa shape index (κ2) is 3.22. The number of aliphatic hydroxyl groups is 1. The standard InChI is InChI=1S/C8H15NO2/c1-6-3-4-8(11)5-9(6)7(2)10/h6,8,11H,3-5H2,1-2H3/t6-,8+/m0/s1. The second-order valence-electron chi connectivity index (χ2n) is 3.25. The first kappa shape index (κ1) is 8.53. The minimum atomic E-state index is -0.310. The van der Waals surface area contributed by atoms with Crippen LogP contribution in [0.4, 0.5) is 0 Å². The number of amides is 1. The van der Waals surface area contributed by atoms with Crippen LogP contribution in [0, 0.1) is 0 Å². The van der Waals surface area contributed by atoms with E-state index in [0.717, 1.165) is 12.8 Å². The van der Waals surface area contributed by atoms with E-state index in [9.17, 15) is 9.90 Å². The highest BCUT2D eigenvalue weighted by Crippen LogP contribution is 2.16. The number of carbonyl (C=O) groups excluding carboxylic acids is 1. The molecule has 1 saturated heterocycles. The lowest BCUT2D eigenvalue weighted by Crippen LogP contribution is -2.46. The Hall–Kier alpha value is -0.570. The number of rotatable bonds is 0. The Labute approximate surface area is 67.0 Å². The first-order chi connectivity index (χ1) is 5.11. The Kier molecular flexibility index (Phi) is 2.49. The molecule has 0 aromatic rings. The predicted octanol–water partition coefficient (Wildman–Crippen LogP) is 0.378. The Balaban J connectivity index is 2.54. The smallest absolute Gasteiger partial charge is 0.219 e. The Morgan fingerprint density at radius 3 is 2.64 bits per heavy atom. The first-order valence-electron chi connectivity index (χ1n) is 4.06. The van der Waals surface area contributed by atoms with Gasteiger partial charge in [0.05, 0.1) is 6.10 Å². The van der Waals surface area contributed by atoms with Crippen molar-refractivity contribution < 1.29 is 9.90 Å². The second-order valence-corrected chi connectivity index (χ2v) is 3.25. The van der Waals surface area contributed by atoms with Crippen molar-refractivity contribution >= 4 is 5.91 Å². The van der Waals surface area contributed by atoms with E-state index in [0.29, 0.717) is 12.6 Å². The molecule has 0 radical (unpaired) electrons. The van der Waals surface area contributed by atoms with Crippen LogP contribution in [0.25, 0.3) is 0 Å². The van der Waals surface area contributed by atoms with Gasteiger partial charge in [-0.05, 0) is 19.8 Å². The molecule has 3 nitrogen and oxygen atoms in total. The van der Waals surface area contributed by atoms with Crippen molar-refractivity contribution in [3.63, 3.8) is 0 Å². The molecule has 1 N–H and O–H groups in total. The maximum Gasteiger partial charge on any atom is 0.219 e. The lowest BCUT2D eigenvalue weighted by atomic mass is 10.0. The summed E-state index contributed by atoms with van der Waals surface area (Å²) in [5.41, 5.74) is 0. The number of hydrogen-bond acceptors (Lipinski definition) is 2. The summed E-state index contributed by atoms with van der Waals surface area (Å²) in [6.45, 7) is 4.08. The fraction of sp³-hybridized carbons (Fsp3) is 0.875. The minimum absolute atomic E-state index is 0.0660. The zero-order chi connectivity index (χ0) is 8.43. The van der Waals surface area contributed by atoms with Gasteiger partial charge >= 0.3 is 0 Å². The van der Waals surface area contributed by atoms with Gasteiger partial charge in [0.15, 0.2) is 0 Å². The van der Waals surface area contributed by atoms with Gasteiger partial charge in [-0.3, -0.25) is 4.79 Å². The van der Waals surface area contributed by atoms with E-state index in [2.05, 4.69) is 0 Å². The largest absolute Gasteiger partial charge is 0.391 e. The van der Waals surface area contributed by atoms with Crippen LogP contribution < -0.4 is 0 Å². The van der Waals surface area contributed by atoms with Gasteiger partial charge in [-0.1, -0.05) is 0 Å². The molecule has 0 aliphatic carbocycles. The van der Waals surface area contributed by atoms with Crippen molar-refractivity contribution in [2.24, 2.45) is 0 Å². The maximum atomic E-state index is 11.0. The number of hydrogen-bond donors (Lipinski definition) is 1. The summed E-state index contributed by atoms with van der Waals surface area (Å²) in [6, 6.07) is 0.302. The summed E-state index contributed by atoms with van der Waals surface area (Å²) in [4.78, 5) is 12.7. The summed E-state index contributed by atoms with van der Waals surface area (Å²) in [5.74, 6) is 0.0660. The zero-order valence-electron chi connectivity index (χ0n) is 7.08. The molecular weight excluding hydrogens is 142 g/mol. The number of likely N-dealkylation sites (tertiary alicyclic amines) is 1. The van der Waals surface area contributed by atoms with E-state index in [4.69, 9.17) is 0 Å². The van der Waals surface area contributed by atoms with Crippen LogP contribution >= 0.6 is 0 Å². The molecule has 3 heteroatoms. The molecule has 1 heterocycles. The minimum Gasteiger partial charge on any atom is -0.391 e. The molecule has 1 fully saturated rings. The number of aliphatic hydroxyl groups excluding tert-OH is 1. The fourth-order valence-electron chi connectivity index (χ4n) is 1.53. The molecule has 1 aliphatic heterocycles. The highest BCUT2D eigenvalue weighted by Gasteiger charge is 2.25. The van der Waals surface area contributed by atoms with Gasteiger partial charge in [-0.25, -0.2) is 0 Å². The molecule has 0 saturated carbocycles. The van der Waals surface area contributed by atoms with E-state index < -0.39 is 0 Å². The summed E-state index contributed by atoms with van der Waals surface area (Å²) >= 11 is 0. The number of nitrogens with zero attached hydrogens (tertiary/aromatic N) is 1. The van der Waals surface area contributed by atoms with E-state index in [1.807, 2.05) is 6.92 Å². The van der Waals surface area contributed by atoms with E-state index >= 15 is 0 Å². The third-order valence-electron chi connectivity index (χ3n) is 2.26. The molecule has 1 amide bonds. The van der Waals surface area contributed by atoms with Crippen LogP contribution in [0.1, 0.15) is 26.7 Å². The van der Waals surface area contributed by atoms with Gasteiger partial charge in [0.2, 0.25) is 5.91 Å². The molecule has 0 aromatic heterocycles.